The minimum absolute atomic E-state index is 0.356. The summed E-state index contributed by atoms with van der Waals surface area (Å²) in [5, 5.41) is 5.09. The molecule has 5 heteroatoms. The molecule has 1 aromatic carbocycles. The molecule has 1 aromatic heterocycles. The van der Waals surface area contributed by atoms with Gasteiger partial charge in [-0.2, -0.15) is 0 Å². The quantitative estimate of drug-likeness (QED) is 0.355. The highest BCUT2D eigenvalue weighted by molar-refractivity contribution is 7.80. The van der Waals surface area contributed by atoms with Crippen LogP contribution in [-0.2, 0) is 12.8 Å². The maximum Gasteiger partial charge on any atom is 0.180 e. The second-order valence-corrected chi connectivity index (χ2v) is 5.09. The molecule has 0 spiro atoms. The Morgan fingerprint density at radius 2 is 2.22 bits per heavy atom. The van der Waals surface area contributed by atoms with Crippen LogP contribution < -0.4 is 16.6 Å². The van der Waals surface area contributed by atoms with E-state index < -0.39 is 0 Å². The van der Waals surface area contributed by atoms with E-state index in [1.165, 1.54) is 22.2 Å². The summed E-state index contributed by atoms with van der Waals surface area (Å²) in [5.74, 6) is 5.28. The Labute approximate surface area is 111 Å². The molecule has 0 saturated heterocycles. The van der Waals surface area contributed by atoms with Crippen molar-refractivity contribution in [2.24, 2.45) is 5.84 Å². The number of hydrazine groups is 1. The molecule has 0 bridgehead atoms. The Morgan fingerprint density at radius 3 is 3.06 bits per heavy atom. The van der Waals surface area contributed by atoms with Gasteiger partial charge in [-0.15, -0.1) is 0 Å². The lowest BCUT2D eigenvalue weighted by Gasteiger charge is -2.24. The third-order valence-electron chi connectivity index (χ3n) is 3.56. The zero-order valence-electron chi connectivity index (χ0n) is 9.99. The number of aromatic amines is 1. The van der Waals surface area contributed by atoms with Gasteiger partial charge >= 0.3 is 0 Å². The van der Waals surface area contributed by atoms with Crippen LogP contribution >= 0.6 is 12.2 Å². The molecule has 4 nitrogen and oxygen atoms in total. The molecule has 1 aliphatic rings. The van der Waals surface area contributed by atoms with Crippen molar-refractivity contribution >= 4 is 28.2 Å². The number of rotatable bonds is 1. The number of aromatic nitrogens is 1. The van der Waals surface area contributed by atoms with Crippen molar-refractivity contribution in [2.75, 3.05) is 0 Å². The van der Waals surface area contributed by atoms with Crippen molar-refractivity contribution in [3.8, 4) is 0 Å². The normalized spacial score (nSPS) is 18.4. The summed E-state index contributed by atoms with van der Waals surface area (Å²) in [4.78, 5) is 3.50. The van der Waals surface area contributed by atoms with Gasteiger partial charge in [0.1, 0.15) is 0 Å². The Balaban J connectivity index is 1.87. The molecule has 0 aliphatic heterocycles. The predicted octanol–water partition coefficient (Wildman–Crippen LogP) is 1.36. The number of nitrogens with one attached hydrogen (secondary N) is 3. The number of H-pyrrole nitrogens is 1. The number of nitrogens with two attached hydrogens (primary N) is 1. The molecule has 1 aliphatic carbocycles. The maximum atomic E-state index is 5.28. The molecule has 1 atom stereocenters. The highest BCUT2D eigenvalue weighted by Crippen LogP contribution is 2.28. The molecule has 0 saturated carbocycles. The average Bonchev–Trinajstić information content (AvgIpc) is 2.76. The third-order valence-corrected chi connectivity index (χ3v) is 3.80. The molecule has 0 amide bonds. The topological polar surface area (TPSA) is 65.9 Å². The molecule has 3 rings (SSSR count). The molecular weight excluding hydrogens is 244 g/mol. The van der Waals surface area contributed by atoms with Gasteiger partial charge in [0.2, 0.25) is 0 Å². The minimum atomic E-state index is 0.356. The summed E-state index contributed by atoms with van der Waals surface area (Å²) >= 11 is 5.04. The van der Waals surface area contributed by atoms with Crippen molar-refractivity contribution in [3.63, 3.8) is 0 Å². The first-order valence-electron chi connectivity index (χ1n) is 6.13. The number of hydrogen-bond donors (Lipinski definition) is 4. The molecule has 0 fully saturated rings. The van der Waals surface area contributed by atoms with Crippen molar-refractivity contribution in [1.82, 2.24) is 15.7 Å². The molecule has 1 heterocycles. The van der Waals surface area contributed by atoms with E-state index in [4.69, 9.17) is 18.1 Å². The average molecular weight is 260 g/mol. The van der Waals surface area contributed by atoms with Gasteiger partial charge in [-0.25, -0.2) is 5.84 Å². The lowest BCUT2D eigenvalue weighted by molar-refractivity contribution is 0.522. The first-order valence-corrected chi connectivity index (χ1v) is 6.54. The zero-order chi connectivity index (χ0) is 12.5. The standard InChI is InChI=1S/C13H16N4S/c14-17-13(18)15-8-5-6-10-9-3-1-2-4-11(9)16-12(10)7-8/h1-4,8,16H,5-7,14H2,(H2,15,17,18). The Kier molecular flexibility index (Phi) is 2.93. The van der Waals surface area contributed by atoms with Crippen molar-refractivity contribution < 1.29 is 0 Å². The maximum absolute atomic E-state index is 5.28. The van der Waals surface area contributed by atoms with E-state index in [1.807, 2.05) is 0 Å². The van der Waals surface area contributed by atoms with Crippen molar-refractivity contribution in [1.29, 1.82) is 0 Å². The van der Waals surface area contributed by atoms with Gasteiger partial charge in [0, 0.05) is 29.1 Å². The van der Waals surface area contributed by atoms with E-state index in [0.29, 0.717) is 11.2 Å². The van der Waals surface area contributed by atoms with E-state index in [9.17, 15) is 0 Å². The fourth-order valence-corrected chi connectivity index (χ4v) is 2.90. The van der Waals surface area contributed by atoms with Crippen molar-refractivity contribution in [2.45, 2.75) is 25.3 Å². The van der Waals surface area contributed by atoms with Crippen LogP contribution in [0.3, 0.4) is 0 Å². The van der Waals surface area contributed by atoms with Crippen LogP contribution in [0.1, 0.15) is 17.7 Å². The van der Waals surface area contributed by atoms with Crippen LogP contribution in [-0.4, -0.2) is 16.1 Å². The molecule has 5 N–H and O–H groups in total. The summed E-state index contributed by atoms with van der Waals surface area (Å²) in [5.41, 5.74) is 6.47. The van der Waals surface area contributed by atoms with Gasteiger partial charge in [-0.3, -0.25) is 0 Å². The molecule has 94 valence electrons. The van der Waals surface area contributed by atoms with Crippen LogP contribution in [0, 0.1) is 0 Å². The SMILES string of the molecule is NNC(=S)NC1CCc2c([nH]c3ccccc23)C1. The number of fused-ring (bicyclic) bond motifs is 3. The van der Waals surface area contributed by atoms with E-state index in [0.717, 1.165) is 19.3 Å². The summed E-state index contributed by atoms with van der Waals surface area (Å²) < 4.78 is 0. The van der Waals surface area contributed by atoms with E-state index in [1.54, 1.807) is 0 Å². The Bertz CT molecular complexity index is 590. The smallest absolute Gasteiger partial charge is 0.180 e. The monoisotopic (exact) mass is 260 g/mol. The van der Waals surface area contributed by atoms with E-state index in [2.05, 4.69) is 40.0 Å². The van der Waals surface area contributed by atoms with Crippen LogP contribution in [0.15, 0.2) is 24.3 Å². The number of aryl methyl sites for hydroxylation is 1. The number of thiocarbonyl (C=S) groups is 1. The van der Waals surface area contributed by atoms with Gasteiger partial charge in [0.25, 0.3) is 0 Å². The molecule has 18 heavy (non-hydrogen) atoms. The largest absolute Gasteiger partial charge is 0.359 e. The second-order valence-electron chi connectivity index (χ2n) is 4.69. The molecule has 1 unspecified atom stereocenters. The summed E-state index contributed by atoms with van der Waals surface area (Å²) in [7, 11) is 0. The van der Waals surface area contributed by atoms with Crippen LogP contribution in [0.25, 0.3) is 10.9 Å². The number of hydrogen-bond acceptors (Lipinski definition) is 2. The van der Waals surface area contributed by atoms with Gasteiger partial charge < -0.3 is 15.7 Å². The highest BCUT2D eigenvalue weighted by atomic mass is 32.1. The summed E-state index contributed by atoms with van der Waals surface area (Å²) in [6.45, 7) is 0. The number of benzene rings is 1. The first kappa shape index (κ1) is 11.5. The Morgan fingerprint density at radius 1 is 1.39 bits per heavy atom. The van der Waals surface area contributed by atoms with Gasteiger partial charge in [-0.05, 0) is 36.7 Å². The van der Waals surface area contributed by atoms with Gasteiger partial charge in [-0.1, -0.05) is 18.2 Å². The van der Waals surface area contributed by atoms with Crippen LogP contribution in [0.5, 0.6) is 0 Å². The minimum Gasteiger partial charge on any atom is -0.359 e. The molecular formula is C13H16N4S. The first-order chi connectivity index (χ1) is 8.78. The van der Waals surface area contributed by atoms with E-state index >= 15 is 0 Å². The highest BCUT2D eigenvalue weighted by Gasteiger charge is 2.22. The van der Waals surface area contributed by atoms with Gasteiger partial charge in [0.15, 0.2) is 5.11 Å². The fraction of sp³-hybridized carbons (Fsp3) is 0.308. The van der Waals surface area contributed by atoms with Crippen LogP contribution in [0.2, 0.25) is 0 Å². The third kappa shape index (κ3) is 1.95. The lowest BCUT2D eigenvalue weighted by Crippen LogP contribution is -2.46. The molecule has 0 radical (unpaired) electrons. The Hall–Kier alpha value is -1.59. The second kappa shape index (κ2) is 4.59. The van der Waals surface area contributed by atoms with Crippen LogP contribution in [0.4, 0.5) is 0 Å². The fourth-order valence-electron chi connectivity index (χ4n) is 2.73. The molecule has 2 aromatic rings. The lowest BCUT2D eigenvalue weighted by atomic mass is 9.92. The predicted molar refractivity (Wildman–Crippen MR) is 77.2 cm³/mol. The van der Waals surface area contributed by atoms with Crippen molar-refractivity contribution in [3.05, 3.63) is 35.5 Å². The van der Waals surface area contributed by atoms with Gasteiger partial charge in [0.05, 0.1) is 0 Å². The summed E-state index contributed by atoms with van der Waals surface area (Å²) in [6, 6.07) is 8.82. The zero-order valence-corrected chi connectivity index (χ0v) is 10.8. The van der Waals surface area contributed by atoms with E-state index in [-0.39, 0.29) is 0 Å². The number of para-hydroxylation sites is 1. The summed E-state index contributed by atoms with van der Waals surface area (Å²) in [6.07, 6.45) is 3.12.